The van der Waals surface area contributed by atoms with Crippen LogP contribution in [0.25, 0.3) is 0 Å². The van der Waals surface area contributed by atoms with E-state index in [1.807, 2.05) is 29.2 Å². The summed E-state index contributed by atoms with van der Waals surface area (Å²) in [5.41, 5.74) is 1.06. The van der Waals surface area contributed by atoms with Crippen molar-refractivity contribution < 1.29 is 29.3 Å². The molecule has 0 saturated carbocycles. The number of nitrogens with one attached hydrogen (secondary N) is 1. The highest BCUT2D eigenvalue weighted by atomic mass is 35.5. The highest BCUT2D eigenvalue weighted by Gasteiger charge is 2.37. The normalized spacial score (nSPS) is 26.2. The summed E-state index contributed by atoms with van der Waals surface area (Å²) in [6.45, 7) is 3.85. The molecule has 9 heteroatoms. The molecule has 0 spiro atoms. The summed E-state index contributed by atoms with van der Waals surface area (Å²) in [5.74, 6) is -0.366. The van der Waals surface area contributed by atoms with Gasteiger partial charge in [-0.1, -0.05) is 12.1 Å². The van der Waals surface area contributed by atoms with Crippen LogP contribution in [0.3, 0.4) is 0 Å². The third-order valence-electron chi connectivity index (χ3n) is 5.55. The van der Waals surface area contributed by atoms with Crippen molar-refractivity contribution in [2.75, 3.05) is 26.2 Å². The zero-order valence-corrected chi connectivity index (χ0v) is 18.0. The lowest BCUT2D eigenvalue weighted by Gasteiger charge is -2.21. The minimum atomic E-state index is -0.737. The van der Waals surface area contributed by atoms with E-state index in [1.165, 1.54) is 6.92 Å². The van der Waals surface area contributed by atoms with E-state index in [0.717, 1.165) is 43.7 Å². The Balaban J connectivity index is 0.00000320. The van der Waals surface area contributed by atoms with Crippen molar-refractivity contribution in [3.63, 3.8) is 0 Å². The Kier molecular flexibility index (Phi) is 9.36. The van der Waals surface area contributed by atoms with Gasteiger partial charge < -0.3 is 25.0 Å². The first kappa shape index (κ1) is 24.4. The number of aliphatic carboxylic acids is 1. The second-order valence-electron chi connectivity index (χ2n) is 7.74. The van der Waals surface area contributed by atoms with Crippen molar-refractivity contribution in [1.29, 1.82) is 0 Å². The average molecular weight is 443 g/mol. The molecular weight excluding hydrogens is 412 g/mol. The number of halogens is 1. The smallest absolute Gasteiger partial charge is 0.320 e. The Morgan fingerprint density at radius 1 is 1.27 bits per heavy atom. The predicted octanol–water partition coefficient (Wildman–Crippen LogP) is 1.23. The first-order valence-electron chi connectivity index (χ1n) is 10.2. The predicted molar refractivity (Wildman–Crippen MR) is 113 cm³/mol. The number of carbonyl (C=O) groups excluding carboxylic acids is 1. The molecule has 0 bridgehead atoms. The second kappa shape index (κ2) is 11.5. The van der Waals surface area contributed by atoms with Gasteiger partial charge >= 0.3 is 11.9 Å². The van der Waals surface area contributed by atoms with Gasteiger partial charge in [0.15, 0.2) is 0 Å². The van der Waals surface area contributed by atoms with Crippen LogP contribution in [0, 0.1) is 0 Å². The van der Waals surface area contributed by atoms with Crippen LogP contribution in [0.5, 0.6) is 5.75 Å². The van der Waals surface area contributed by atoms with Crippen LogP contribution in [-0.4, -0.2) is 77.6 Å². The first-order chi connectivity index (χ1) is 13.9. The molecule has 168 valence electrons. The number of nitrogens with zero attached hydrogens (tertiary/aromatic N) is 1. The lowest BCUT2D eigenvalue weighted by atomic mass is 10.0. The zero-order valence-electron chi connectivity index (χ0n) is 17.2. The molecule has 3 rings (SSSR count). The summed E-state index contributed by atoms with van der Waals surface area (Å²) in [7, 11) is 0. The van der Waals surface area contributed by atoms with Crippen LogP contribution in [-0.2, 0) is 20.7 Å². The number of hydrogen-bond donors (Lipinski definition) is 3. The van der Waals surface area contributed by atoms with Crippen molar-refractivity contribution in [3.8, 4) is 5.75 Å². The molecular formula is C21H31ClN2O6. The summed E-state index contributed by atoms with van der Waals surface area (Å²) in [6, 6.07) is 7.26. The zero-order chi connectivity index (χ0) is 20.8. The van der Waals surface area contributed by atoms with Crippen LogP contribution >= 0.6 is 12.4 Å². The second-order valence-corrected chi connectivity index (χ2v) is 7.74. The molecule has 2 aliphatic rings. The average Bonchev–Trinajstić information content (AvgIpc) is 3.28. The van der Waals surface area contributed by atoms with E-state index in [1.54, 1.807) is 0 Å². The number of aliphatic hydroxyl groups is 1. The molecule has 2 fully saturated rings. The summed E-state index contributed by atoms with van der Waals surface area (Å²) >= 11 is 0. The van der Waals surface area contributed by atoms with E-state index >= 15 is 0 Å². The number of benzene rings is 1. The van der Waals surface area contributed by atoms with E-state index in [-0.39, 0.29) is 24.5 Å². The Hall–Kier alpha value is -1.87. The van der Waals surface area contributed by atoms with Crippen molar-refractivity contribution in [2.24, 2.45) is 0 Å². The lowest BCUT2D eigenvalue weighted by Crippen LogP contribution is -2.38. The maximum Gasteiger partial charge on any atom is 0.320 e. The lowest BCUT2D eigenvalue weighted by molar-refractivity contribution is -0.151. The molecule has 0 amide bonds. The maximum atomic E-state index is 11.2. The minimum Gasteiger partial charge on any atom is -0.494 e. The molecule has 30 heavy (non-hydrogen) atoms. The third-order valence-corrected chi connectivity index (χ3v) is 5.55. The van der Waals surface area contributed by atoms with Crippen LogP contribution in [0.1, 0.15) is 31.7 Å². The fourth-order valence-electron chi connectivity index (χ4n) is 4.12. The van der Waals surface area contributed by atoms with Gasteiger partial charge in [-0.25, -0.2) is 0 Å². The van der Waals surface area contributed by atoms with Crippen molar-refractivity contribution >= 4 is 24.3 Å². The summed E-state index contributed by atoms with van der Waals surface area (Å²) in [4.78, 5) is 24.4. The molecule has 0 aliphatic carbocycles. The standard InChI is InChI=1S/C21H30N2O6.ClH/c1-14(24)29-20-17(22-13-19(20)25)12-15-5-7-16(8-6-15)28-11-3-10-23-9-2-4-18(23)21(26)27;/h5-8,17-20,22,25H,2-4,9-13H2,1H3,(H,26,27);1H/t17-,18+,19+,20+;/m1./s1. The number of carboxylic acid groups (broad SMARTS) is 1. The highest BCUT2D eigenvalue weighted by Crippen LogP contribution is 2.20. The van der Waals surface area contributed by atoms with E-state index in [4.69, 9.17) is 9.47 Å². The van der Waals surface area contributed by atoms with Gasteiger partial charge in [0.2, 0.25) is 0 Å². The Morgan fingerprint density at radius 3 is 2.67 bits per heavy atom. The molecule has 1 aromatic carbocycles. The largest absolute Gasteiger partial charge is 0.494 e. The molecule has 0 radical (unpaired) electrons. The molecule has 1 aromatic rings. The molecule has 3 N–H and O–H groups in total. The molecule has 8 nitrogen and oxygen atoms in total. The number of likely N-dealkylation sites (tertiary alicyclic amines) is 1. The van der Waals surface area contributed by atoms with E-state index < -0.39 is 24.1 Å². The Morgan fingerprint density at radius 2 is 2.00 bits per heavy atom. The number of carboxylic acids is 1. The Bertz CT molecular complexity index is 701. The van der Waals surface area contributed by atoms with Gasteiger partial charge in [-0.15, -0.1) is 12.4 Å². The quantitative estimate of drug-likeness (QED) is 0.387. The van der Waals surface area contributed by atoms with Gasteiger partial charge in [0.1, 0.15) is 24.0 Å². The van der Waals surface area contributed by atoms with E-state index in [2.05, 4.69) is 5.32 Å². The monoisotopic (exact) mass is 442 g/mol. The fourth-order valence-corrected chi connectivity index (χ4v) is 4.12. The molecule has 0 unspecified atom stereocenters. The number of ether oxygens (including phenoxy) is 2. The maximum absolute atomic E-state index is 11.2. The molecule has 0 aromatic heterocycles. The van der Waals surface area contributed by atoms with Gasteiger partial charge in [-0.05, 0) is 49.9 Å². The highest BCUT2D eigenvalue weighted by molar-refractivity contribution is 5.85. The molecule has 4 atom stereocenters. The van der Waals surface area contributed by atoms with Gasteiger partial charge in [0, 0.05) is 20.0 Å². The minimum absolute atomic E-state index is 0. The summed E-state index contributed by atoms with van der Waals surface area (Å²) < 4.78 is 11.0. The van der Waals surface area contributed by atoms with E-state index in [0.29, 0.717) is 19.6 Å². The van der Waals surface area contributed by atoms with Crippen LogP contribution in [0.2, 0.25) is 0 Å². The van der Waals surface area contributed by atoms with Crippen LogP contribution in [0.4, 0.5) is 0 Å². The topological polar surface area (TPSA) is 108 Å². The SMILES string of the molecule is CC(=O)O[C@@H]1[C@@H](O)CN[C@@H]1Cc1ccc(OCCCN2CCC[C@H]2C(=O)O)cc1.Cl. The van der Waals surface area contributed by atoms with Gasteiger partial charge in [0.25, 0.3) is 0 Å². The summed E-state index contributed by atoms with van der Waals surface area (Å²) in [6.07, 6.45) is 1.85. The van der Waals surface area contributed by atoms with Crippen molar-refractivity contribution in [1.82, 2.24) is 10.2 Å². The third kappa shape index (κ3) is 6.57. The Labute approximate surface area is 182 Å². The number of carbonyl (C=O) groups is 2. The number of rotatable bonds is 9. The number of hydrogen-bond acceptors (Lipinski definition) is 7. The number of esters is 1. The number of β-amino-alcohol motifs (C(OH)–C–C–N with tert-alkyl or cyclic N) is 1. The van der Waals surface area contributed by atoms with Crippen LogP contribution in [0.15, 0.2) is 24.3 Å². The van der Waals surface area contributed by atoms with Crippen molar-refractivity contribution in [2.45, 2.75) is 56.9 Å². The molecule has 2 saturated heterocycles. The van der Waals surface area contributed by atoms with Crippen LogP contribution < -0.4 is 10.1 Å². The summed E-state index contributed by atoms with van der Waals surface area (Å²) in [5, 5.41) is 22.4. The van der Waals surface area contributed by atoms with E-state index in [9.17, 15) is 19.8 Å². The number of aliphatic hydroxyl groups excluding tert-OH is 1. The molecule has 2 heterocycles. The first-order valence-corrected chi connectivity index (χ1v) is 10.2. The molecule has 2 aliphatic heterocycles. The van der Waals surface area contributed by atoms with Crippen molar-refractivity contribution in [3.05, 3.63) is 29.8 Å². The van der Waals surface area contributed by atoms with Gasteiger partial charge in [-0.3, -0.25) is 14.5 Å². The van der Waals surface area contributed by atoms with Gasteiger partial charge in [-0.2, -0.15) is 0 Å². The van der Waals surface area contributed by atoms with Gasteiger partial charge in [0.05, 0.1) is 12.6 Å². The fraction of sp³-hybridized carbons (Fsp3) is 0.619.